The van der Waals surface area contributed by atoms with Gasteiger partial charge in [-0.1, -0.05) is 56.3 Å². The molecule has 264 valence electrons. The van der Waals surface area contributed by atoms with Gasteiger partial charge in [-0.15, -0.1) is 0 Å². The van der Waals surface area contributed by atoms with Gasteiger partial charge in [0.2, 0.25) is 16.8 Å². The average molecular weight is 697 g/mol. The number of fused-ring (bicyclic) bond motifs is 2. The van der Waals surface area contributed by atoms with Crippen LogP contribution in [0.25, 0.3) is 0 Å². The molecule has 3 aromatic rings. The standard InChI is InChI=1S/C36H44N2O10S/c1-24(2)19-38(49(41,42)28-14-15-32-33(18-28)47-23-46-32)20-31(39)30(37-36(40)48-34-22-45-35-29(34)9-6-16-43-35)17-25-10-12-27(13-11-25)44-21-26-7-4-3-5-8-26/h3-5,7-8,10-15,18,24,29-31,34-35,39H,6,9,16-17,19-23H2,1-2H3,(H,37,40)/t29?,30-,31+,34?,35?/m0/s1. The fourth-order valence-corrected chi connectivity index (χ4v) is 7.91. The molecule has 0 spiro atoms. The van der Waals surface area contributed by atoms with Gasteiger partial charge in [-0.3, -0.25) is 0 Å². The first-order valence-electron chi connectivity index (χ1n) is 16.7. The Morgan fingerprint density at radius 2 is 1.76 bits per heavy atom. The van der Waals surface area contributed by atoms with E-state index in [-0.39, 0.29) is 49.6 Å². The Kier molecular flexibility index (Phi) is 11.3. The van der Waals surface area contributed by atoms with Crippen LogP contribution >= 0.6 is 0 Å². The first kappa shape index (κ1) is 35.0. The molecule has 13 heteroatoms. The van der Waals surface area contributed by atoms with Gasteiger partial charge in [-0.2, -0.15) is 4.31 Å². The Morgan fingerprint density at radius 1 is 0.980 bits per heavy atom. The lowest BCUT2D eigenvalue weighted by atomic mass is 9.97. The summed E-state index contributed by atoms with van der Waals surface area (Å²) in [6, 6.07) is 20.7. The maximum Gasteiger partial charge on any atom is 0.407 e. The average Bonchev–Trinajstić information content (AvgIpc) is 3.74. The van der Waals surface area contributed by atoms with Crippen molar-refractivity contribution in [2.75, 3.05) is 33.1 Å². The molecule has 1 amide bonds. The van der Waals surface area contributed by atoms with Crippen molar-refractivity contribution in [2.24, 2.45) is 11.8 Å². The maximum absolute atomic E-state index is 13.9. The second-order valence-corrected chi connectivity index (χ2v) is 14.9. The highest BCUT2D eigenvalue weighted by Gasteiger charge is 2.42. The summed E-state index contributed by atoms with van der Waals surface area (Å²) in [4.78, 5) is 13.3. The summed E-state index contributed by atoms with van der Waals surface area (Å²) in [6.45, 7) is 4.91. The molecule has 3 heterocycles. The van der Waals surface area contributed by atoms with Crippen molar-refractivity contribution in [1.82, 2.24) is 9.62 Å². The van der Waals surface area contributed by atoms with Crippen molar-refractivity contribution in [3.63, 3.8) is 0 Å². The summed E-state index contributed by atoms with van der Waals surface area (Å²) >= 11 is 0. The first-order chi connectivity index (χ1) is 23.7. The van der Waals surface area contributed by atoms with Crippen molar-refractivity contribution < 1.29 is 46.7 Å². The Balaban J connectivity index is 1.18. The van der Waals surface area contributed by atoms with Crippen LogP contribution in [0.4, 0.5) is 4.79 Å². The summed E-state index contributed by atoms with van der Waals surface area (Å²) in [6.07, 6.45) is -1.05. The number of hydrogen-bond acceptors (Lipinski definition) is 10. The summed E-state index contributed by atoms with van der Waals surface area (Å²) in [5.41, 5.74) is 1.84. The summed E-state index contributed by atoms with van der Waals surface area (Å²) in [7, 11) is -4.07. The Bertz CT molecular complexity index is 1650. The second kappa shape index (κ2) is 15.8. The molecule has 3 aliphatic rings. The van der Waals surface area contributed by atoms with Crippen LogP contribution in [-0.4, -0.2) is 81.6 Å². The molecule has 5 atom stereocenters. The Hall–Kier alpha value is -3.88. The van der Waals surface area contributed by atoms with Gasteiger partial charge in [0, 0.05) is 31.7 Å². The molecule has 2 fully saturated rings. The molecule has 12 nitrogen and oxygen atoms in total. The molecule has 0 aliphatic carbocycles. The van der Waals surface area contributed by atoms with Gasteiger partial charge in [0.15, 0.2) is 17.8 Å². The van der Waals surface area contributed by atoms with E-state index in [1.807, 2.05) is 68.4 Å². The molecule has 6 rings (SSSR count). The van der Waals surface area contributed by atoms with Crippen LogP contribution in [-0.2, 0) is 37.3 Å². The lowest BCUT2D eigenvalue weighted by Crippen LogP contribution is -2.51. The van der Waals surface area contributed by atoms with Crippen LogP contribution in [0.5, 0.6) is 17.2 Å². The number of amides is 1. The van der Waals surface area contributed by atoms with E-state index in [2.05, 4.69) is 5.32 Å². The number of nitrogens with one attached hydrogen (secondary N) is 1. The summed E-state index contributed by atoms with van der Waals surface area (Å²) in [5.74, 6) is 1.35. The third-order valence-corrected chi connectivity index (χ3v) is 10.6. The zero-order valence-electron chi connectivity index (χ0n) is 27.7. The summed E-state index contributed by atoms with van der Waals surface area (Å²) in [5, 5.41) is 14.5. The number of nitrogens with zero attached hydrogens (tertiary/aromatic N) is 1. The molecular weight excluding hydrogens is 652 g/mol. The van der Waals surface area contributed by atoms with Crippen LogP contribution in [0.3, 0.4) is 0 Å². The highest BCUT2D eigenvalue weighted by molar-refractivity contribution is 7.89. The molecule has 0 aromatic heterocycles. The van der Waals surface area contributed by atoms with Crippen LogP contribution in [0.1, 0.15) is 37.8 Å². The highest BCUT2D eigenvalue weighted by atomic mass is 32.2. The molecule has 3 aromatic carbocycles. The molecule has 2 saturated heterocycles. The van der Waals surface area contributed by atoms with Gasteiger partial charge in [0.1, 0.15) is 18.5 Å². The van der Waals surface area contributed by atoms with Crippen molar-refractivity contribution in [1.29, 1.82) is 0 Å². The third kappa shape index (κ3) is 8.84. The number of carbonyl (C=O) groups excluding carboxylic acids is 1. The SMILES string of the molecule is CC(C)CN(C[C@@H](O)[C@H](Cc1ccc(OCc2ccccc2)cc1)NC(=O)OC1COC2OCCCC12)S(=O)(=O)c1ccc2c(c1)OCO2. The Labute approximate surface area is 287 Å². The van der Waals surface area contributed by atoms with Crippen molar-refractivity contribution in [3.8, 4) is 17.2 Å². The second-order valence-electron chi connectivity index (χ2n) is 13.0. The maximum atomic E-state index is 13.9. The van der Waals surface area contributed by atoms with Crippen LogP contribution < -0.4 is 19.5 Å². The molecule has 0 bridgehead atoms. The number of benzene rings is 3. The number of rotatable bonds is 14. The quantitative estimate of drug-likeness (QED) is 0.248. The molecule has 2 N–H and O–H groups in total. The number of aliphatic hydroxyl groups is 1. The first-order valence-corrected chi connectivity index (χ1v) is 18.1. The van der Waals surface area contributed by atoms with Gasteiger partial charge < -0.3 is 38.8 Å². The number of hydrogen-bond donors (Lipinski definition) is 2. The van der Waals surface area contributed by atoms with E-state index in [1.165, 1.54) is 16.4 Å². The van der Waals surface area contributed by atoms with Gasteiger partial charge in [0.05, 0.1) is 23.6 Å². The Morgan fingerprint density at radius 3 is 2.53 bits per heavy atom. The van der Waals surface area contributed by atoms with Crippen LogP contribution in [0.15, 0.2) is 77.7 Å². The van der Waals surface area contributed by atoms with Crippen molar-refractivity contribution in [2.45, 2.75) is 69.2 Å². The third-order valence-electron chi connectivity index (χ3n) is 8.81. The van der Waals surface area contributed by atoms with Gasteiger partial charge >= 0.3 is 6.09 Å². The van der Waals surface area contributed by atoms with Gasteiger partial charge in [-0.05, 0) is 60.6 Å². The lowest BCUT2D eigenvalue weighted by molar-refractivity contribution is -0.152. The number of aliphatic hydroxyl groups excluding tert-OH is 1. The zero-order chi connectivity index (χ0) is 34.4. The van der Waals surface area contributed by atoms with E-state index in [0.717, 1.165) is 24.0 Å². The molecule has 3 unspecified atom stereocenters. The normalized spacial score (nSPS) is 21.3. The fraction of sp³-hybridized carbons (Fsp3) is 0.472. The minimum atomic E-state index is -4.07. The minimum absolute atomic E-state index is 0.0121. The number of carbonyl (C=O) groups is 1. The van der Waals surface area contributed by atoms with E-state index in [0.29, 0.717) is 30.5 Å². The predicted octanol–water partition coefficient (Wildman–Crippen LogP) is 4.49. The smallest absolute Gasteiger partial charge is 0.407 e. The number of alkyl carbamates (subject to hydrolysis) is 1. The fourth-order valence-electron chi connectivity index (χ4n) is 6.27. The zero-order valence-corrected chi connectivity index (χ0v) is 28.5. The molecular formula is C36H44N2O10S. The van der Waals surface area contributed by atoms with E-state index in [4.69, 9.17) is 28.4 Å². The number of ether oxygens (including phenoxy) is 6. The van der Waals surface area contributed by atoms with E-state index < -0.39 is 40.7 Å². The molecule has 0 radical (unpaired) electrons. The van der Waals surface area contributed by atoms with Gasteiger partial charge in [0.25, 0.3) is 0 Å². The van der Waals surface area contributed by atoms with Crippen LogP contribution in [0.2, 0.25) is 0 Å². The molecule has 3 aliphatic heterocycles. The topological polar surface area (TPSA) is 142 Å². The lowest BCUT2D eigenvalue weighted by Gasteiger charge is -2.31. The highest BCUT2D eigenvalue weighted by Crippen LogP contribution is 2.35. The number of sulfonamides is 1. The largest absolute Gasteiger partial charge is 0.489 e. The van der Waals surface area contributed by atoms with E-state index >= 15 is 0 Å². The van der Waals surface area contributed by atoms with Crippen LogP contribution in [0, 0.1) is 11.8 Å². The van der Waals surface area contributed by atoms with E-state index in [9.17, 15) is 18.3 Å². The van der Waals surface area contributed by atoms with Crippen molar-refractivity contribution in [3.05, 3.63) is 83.9 Å². The summed E-state index contributed by atoms with van der Waals surface area (Å²) < 4.78 is 63.0. The monoisotopic (exact) mass is 696 g/mol. The van der Waals surface area contributed by atoms with Gasteiger partial charge in [-0.25, -0.2) is 13.2 Å². The predicted molar refractivity (Wildman–Crippen MR) is 179 cm³/mol. The van der Waals surface area contributed by atoms with Crippen molar-refractivity contribution >= 4 is 16.1 Å². The molecule has 0 saturated carbocycles. The molecule has 49 heavy (non-hydrogen) atoms. The van der Waals surface area contributed by atoms with E-state index in [1.54, 1.807) is 6.07 Å². The minimum Gasteiger partial charge on any atom is -0.489 e.